The molecule has 4 heteroatoms. The first-order valence-corrected chi connectivity index (χ1v) is 7.77. The highest BCUT2D eigenvalue weighted by Crippen LogP contribution is 2.24. The molecule has 22 heavy (non-hydrogen) atoms. The molecule has 2 atom stereocenters. The van der Waals surface area contributed by atoms with Gasteiger partial charge in [0.25, 0.3) is 0 Å². The van der Waals surface area contributed by atoms with E-state index in [2.05, 4.69) is 10.3 Å². The molecule has 1 aliphatic rings. The number of hydrogen-bond donors (Lipinski definition) is 2. The fraction of sp³-hybridized carbons (Fsp3) is 0.333. The molecule has 1 aromatic carbocycles. The molecular weight excluding hydrogens is 274 g/mol. The highest BCUT2D eigenvalue weighted by Gasteiger charge is 2.29. The number of nitrogens with two attached hydrogens (primary N) is 1. The summed E-state index contributed by atoms with van der Waals surface area (Å²) in [6, 6.07) is 14.0. The molecule has 0 unspecified atom stereocenters. The quantitative estimate of drug-likeness (QED) is 0.910. The summed E-state index contributed by atoms with van der Waals surface area (Å²) >= 11 is 0. The van der Waals surface area contributed by atoms with Gasteiger partial charge in [-0.1, -0.05) is 36.8 Å². The minimum absolute atomic E-state index is 0.0114. The Morgan fingerprint density at radius 1 is 1.23 bits per heavy atom. The van der Waals surface area contributed by atoms with E-state index in [-0.39, 0.29) is 17.9 Å². The Labute approximate surface area is 130 Å². The van der Waals surface area contributed by atoms with Gasteiger partial charge in [-0.3, -0.25) is 9.78 Å². The number of amides is 1. The number of carbonyl (C=O) groups is 1. The maximum absolute atomic E-state index is 12.2. The van der Waals surface area contributed by atoms with Crippen molar-refractivity contribution in [3.8, 4) is 11.3 Å². The largest absolute Gasteiger partial charge is 0.352 e. The molecule has 114 valence electrons. The molecular formula is C18H21N3O. The van der Waals surface area contributed by atoms with Crippen molar-refractivity contribution in [1.82, 2.24) is 10.3 Å². The Bertz CT molecular complexity index is 642. The normalized spacial score (nSPS) is 20.8. The minimum atomic E-state index is -0.0320. The molecule has 1 saturated carbocycles. The third-order valence-electron chi connectivity index (χ3n) is 4.27. The van der Waals surface area contributed by atoms with Crippen molar-refractivity contribution in [2.24, 2.45) is 11.7 Å². The Morgan fingerprint density at radius 2 is 2.05 bits per heavy atom. The average Bonchev–Trinajstić information content (AvgIpc) is 3.00. The predicted molar refractivity (Wildman–Crippen MR) is 86.8 cm³/mol. The summed E-state index contributed by atoms with van der Waals surface area (Å²) in [6.07, 6.45) is 4.68. The molecule has 4 nitrogen and oxygen atoms in total. The Hall–Kier alpha value is -2.20. The lowest BCUT2D eigenvalue weighted by molar-refractivity contribution is -0.125. The van der Waals surface area contributed by atoms with Crippen LogP contribution in [-0.4, -0.2) is 16.9 Å². The van der Waals surface area contributed by atoms with Gasteiger partial charge in [0.1, 0.15) is 0 Å². The standard InChI is InChI=1S/C18H21N3O/c19-16-8-4-7-15(16)18(22)21-12-13-9-10-20-17(11-13)14-5-2-1-3-6-14/h1-3,5-6,9-11,15-16H,4,7-8,12,19H2,(H,21,22)/t15-,16+/m0/s1. The van der Waals surface area contributed by atoms with E-state index < -0.39 is 0 Å². The Kier molecular flexibility index (Phi) is 4.49. The Morgan fingerprint density at radius 3 is 2.77 bits per heavy atom. The van der Waals surface area contributed by atoms with Crippen LogP contribution in [0, 0.1) is 5.92 Å². The molecule has 3 N–H and O–H groups in total. The highest BCUT2D eigenvalue weighted by molar-refractivity contribution is 5.79. The third kappa shape index (κ3) is 3.34. The van der Waals surface area contributed by atoms with Crippen LogP contribution in [0.4, 0.5) is 0 Å². The summed E-state index contributed by atoms with van der Waals surface area (Å²) in [5, 5.41) is 3.00. The second kappa shape index (κ2) is 6.71. The number of rotatable bonds is 4. The maximum atomic E-state index is 12.2. The SMILES string of the molecule is N[C@@H]1CCC[C@@H]1C(=O)NCc1ccnc(-c2ccccc2)c1. The van der Waals surface area contributed by atoms with Crippen LogP contribution >= 0.6 is 0 Å². The zero-order valence-electron chi connectivity index (χ0n) is 12.5. The van der Waals surface area contributed by atoms with Crippen molar-refractivity contribution < 1.29 is 4.79 Å². The molecule has 1 aliphatic carbocycles. The molecule has 1 aromatic heterocycles. The average molecular weight is 295 g/mol. The summed E-state index contributed by atoms with van der Waals surface area (Å²) < 4.78 is 0. The number of benzene rings is 1. The van der Waals surface area contributed by atoms with Gasteiger partial charge in [-0.2, -0.15) is 0 Å². The molecule has 1 heterocycles. The number of pyridine rings is 1. The molecule has 1 amide bonds. The van der Waals surface area contributed by atoms with Crippen LogP contribution in [0.25, 0.3) is 11.3 Å². The molecule has 0 bridgehead atoms. The second-order valence-corrected chi connectivity index (χ2v) is 5.83. The topological polar surface area (TPSA) is 68.0 Å². The number of nitrogens with one attached hydrogen (secondary N) is 1. The molecule has 0 radical (unpaired) electrons. The lowest BCUT2D eigenvalue weighted by Crippen LogP contribution is -2.38. The van der Waals surface area contributed by atoms with E-state index in [0.717, 1.165) is 36.1 Å². The van der Waals surface area contributed by atoms with Crippen LogP contribution in [0.1, 0.15) is 24.8 Å². The van der Waals surface area contributed by atoms with Crippen LogP contribution in [0.3, 0.4) is 0 Å². The van der Waals surface area contributed by atoms with Crippen LogP contribution in [0.2, 0.25) is 0 Å². The number of aromatic nitrogens is 1. The van der Waals surface area contributed by atoms with Crippen LogP contribution in [0.15, 0.2) is 48.7 Å². The van der Waals surface area contributed by atoms with Gasteiger partial charge in [0.2, 0.25) is 5.91 Å². The van der Waals surface area contributed by atoms with Gasteiger partial charge in [-0.15, -0.1) is 0 Å². The van der Waals surface area contributed by atoms with Gasteiger partial charge in [-0.25, -0.2) is 0 Å². The fourth-order valence-electron chi connectivity index (χ4n) is 2.99. The highest BCUT2D eigenvalue weighted by atomic mass is 16.1. The molecule has 0 spiro atoms. The van der Waals surface area contributed by atoms with E-state index in [0.29, 0.717) is 6.54 Å². The van der Waals surface area contributed by atoms with E-state index in [1.807, 2.05) is 42.5 Å². The number of carbonyl (C=O) groups excluding carboxylic acids is 1. The number of hydrogen-bond acceptors (Lipinski definition) is 3. The van der Waals surface area contributed by atoms with Gasteiger partial charge < -0.3 is 11.1 Å². The van der Waals surface area contributed by atoms with Crippen molar-refractivity contribution in [2.75, 3.05) is 0 Å². The molecule has 3 rings (SSSR count). The lowest BCUT2D eigenvalue weighted by Gasteiger charge is -2.15. The van der Waals surface area contributed by atoms with Crippen molar-refractivity contribution >= 4 is 5.91 Å². The minimum Gasteiger partial charge on any atom is -0.352 e. The fourth-order valence-corrected chi connectivity index (χ4v) is 2.99. The van der Waals surface area contributed by atoms with Crippen molar-refractivity contribution in [3.63, 3.8) is 0 Å². The monoisotopic (exact) mass is 295 g/mol. The smallest absolute Gasteiger partial charge is 0.224 e. The molecule has 1 fully saturated rings. The Balaban J connectivity index is 1.65. The van der Waals surface area contributed by atoms with Crippen molar-refractivity contribution in [2.45, 2.75) is 31.8 Å². The van der Waals surface area contributed by atoms with Gasteiger partial charge >= 0.3 is 0 Å². The van der Waals surface area contributed by atoms with Crippen LogP contribution in [0.5, 0.6) is 0 Å². The van der Waals surface area contributed by atoms with Crippen LogP contribution < -0.4 is 11.1 Å². The first-order valence-electron chi connectivity index (χ1n) is 7.77. The lowest BCUT2D eigenvalue weighted by atomic mass is 10.0. The zero-order valence-corrected chi connectivity index (χ0v) is 12.5. The summed E-state index contributed by atoms with van der Waals surface area (Å²) in [5.74, 6) is 0.0403. The van der Waals surface area contributed by atoms with Crippen molar-refractivity contribution in [1.29, 1.82) is 0 Å². The van der Waals surface area contributed by atoms with Gasteiger partial charge in [0.05, 0.1) is 11.6 Å². The summed E-state index contributed by atoms with van der Waals surface area (Å²) in [7, 11) is 0. The molecule has 0 aliphatic heterocycles. The first-order chi connectivity index (χ1) is 10.7. The summed E-state index contributed by atoms with van der Waals surface area (Å²) in [5.41, 5.74) is 9.03. The van der Waals surface area contributed by atoms with Gasteiger partial charge in [0.15, 0.2) is 0 Å². The first kappa shape index (κ1) is 14.7. The van der Waals surface area contributed by atoms with Gasteiger partial charge in [0, 0.05) is 24.3 Å². The molecule has 0 saturated heterocycles. The maximum Gasteiger partial charge on any atom is 0.224 e. The second-order valence-electron chi connectivity index (χ2n) is 5.83. The molecule has 2 aromatic rings. The van der Waals surface area contributed by atoms with E-state index in [1.165, 1.54) is 0 Å². The third-order valence-corrected chi connectivity index (χ3v) is 4.27. The predicted octanol–water partition coefficient (Wildman–Crippen LogP) is 2.49. The van der Waals surface area contributed by atoms with Crippen LogP contribution in [-0.2, 0) is 11.3 Å². The summed E-state index contributed by atoms with van der Waals surface area (Å²) in [6.45, 7) is 0.518. The van der Waals surface area contributed by atoms with E-state index >= 15 is 0 Å². The number of nitrogens with zero attached hydrogens (tertiary/aromatic N) is 1. The van der Waals surface area contributed by atoms with E-state index in [9.17, 15) is 4.79 Å². The van der Waals surface area contributed by atoms with E-state index in [1.54, 1.807) is 6.20 Å². The summed E-state index contributed by atoms with van der Waals surface area (Å²) in [4.78, 5) is 16.6. The zero-order chi connectivity index (χ0) is 15.4. The van der Waals surface area contributed by atoms with Crippen molar-refractivity contribution in [3.05, 3.63) is 54.2 Å². The van der Waals surface area contributed by atoms with Gasteiger partial charge in [-0.05, 0) is 30.5 Å². The van der Waals surface area contributed by atoms with E-state index in [4.69, 9.17) is 5.73 Å².